The summed E-state index contributed by atoms with van der Waals surface area (Å²) in [6, 6.07) is 9.22. The summed E-state index contributed by atoms with van der Waals surface area (Å²) in [6.07, 6.45) is 0. The highest BCUT2D eigenvalue weighted by molar-refractivity contribution is 6.05. The van der Waals surface area contributed by atoms with Gasteiger partial charge >= 0.3 is 5.97 Å². The Morgan fingerprint density at radius 2 is 1.70 bits per heavy atom. The number of carbonyl (C=O) groups is 3. The van der Waals surface area contributed by atoms with Crippen molar-refractivity contribution in [2.24, 2.45) is 5.92 Å². The smallest absolute Gasteiger partial charge is 0.342 e. The highest BCUT2D eigenvalue weighted by Gasteiger charge is 2.35. The van der Waals surface area contributed by atoms with Crippen LogP contribution in [0.2, 0.25) is 0 Å². The van der Waals surface area contributed by atoms with E-state index < -0.39 is 5.97 Å². The maximum absolute atomic E-state index is 13.7. The molecule has 2 amide bonds. The van der Waals surface area contributed by atoms with Crippen molar-refractivity contribution in [3.05, 3.63) is 47.3 Å². The van der Waals surface area contributed by atoms with E-state index in [0.29, 0.717) is 31.2 Å². The van der Waals surface area contributed by atoms with Crippen LogP contribution >= 0.6 is 0 Å². The number of carbonyl (C=O) groups excluding carboxylic acids is 3. The van der Waals surface area contributed by atoms with Gasteiger partial charge in [0, 0.05) is 37.2 Å². The van der Waals surface area contributed by atoms with Gasteiger partial charge < -0.3 is 14.5 Å². The Hall–Kier alpha value is -3.29. The molecule has 0 N–H and O–H groups in total. The lowest BCUT2D eigenvalue weighted by atomic mass is 10.00. The van der Waals surface area contributed by atoms with Crippen molar-refractivity contribution in [2.75, 3.05) is 26.7 Å². The molecule has 8 nitrogen and oxygen atoms in total. The molecule has 1 aromatic carbocycles. The lowest BCUT2D eigenvalue weighted by molar-refractivity contribution is -0.138. The number of nitrogens with zero attached hydrogens (tertiary/aromatic N) is 4. The van der Waals surface area contributed by atoms with E-state index in [9.17, 15) is 14.4 Å². The van der Waals surface area contributed by atoms with E-state index in [2.05, 4.69) is 9.97 Å². The van der Waals surface area contributed by atoms with Crippen LogP contribution in [-0.2, 0) is 9.53 Å². The van der Waals surface area contributed by atoms with Crippen molar-refractivity contribution in [3.63, 3.8) is 0 Å². The number of ether oxygens (including phenoxy) is 1. The van der Waals surface area contributed by atoms with E-state index >= 15 is 0 Å². The molecule has 1 saturated heterocycles. The Morgan fingerprint density at radius 1 is 1.03 bits per heavy atom. The van der Waals surface area contributed by atoms with Gasteiger partial charge in [0.25, 0.3) is 5.91 Å². The SMILES string of the molecule is COC(=O)c1c(C(=O)N2CCN(C(=O)C(C)C)C(C)C2)nc(-c2ccccc2)nc1C(C)C. The maximum Gasteiger partial charge on any atom is 0.342 e. The predicted octanol–water partition coefficient (Wildman–Crippen LogP) is 3.38. The van der Waals surface area contributed by atoms with E-state index in [-0.39, 0.29) is 40.9 Å². The molecule has 8 heteroatoms. The molecule has 2 heterocycles. The van der Waals surface area contributed by atoms with Gasteiger partial charge in [-0.25, -0.2) is 14.8 Å². The van der Waals surface area contributed by atoms with Crippen molar-refractivity contribution in [1.82, 2.24) is 19.8 Å². The first-order chi connectivity index (χ1) is 15.6. The number of piperazine rings is 1. The van der Waals surface area contributed by atoms with Crippen molar-refractivity contribution in [2.45, 2.75) is 46.6 Å². The Morgan fingerprint density at radius 3 is 2.24 bits per heavy atom. The zero-order chi connectivity index (χ0) is 24.3. The highest BCUT2D eigenvalue weighted by Crippen LogP contribution is 2.27. The summed E-state index contributed by atoms with van der Waals surface area (Å²) in [5, 5.41) is 0. The number of rotatable bonds is 5. The second kappa shape index (κ2) is 10.1. The lowest BCUT2D eigenvalue weighted by Gasteiger charge is -2.40. The first kappa shape index (κ1) is 24.4. The number of aromatic nitrogens is 2. The van der Waals surface area contributed by atoms with Gasteiger partial charge in [-0.3, -0.25) is 9.59 Å². The third-order valence-corrected chi connectivity index (χ3v) is 5.80. The minimum Gasteiger partial charge on any atom is -0.465 e. The molecule has 0 spiro atoms. The molecule has 0 radical (unpaired) electrons. The molecule has 0 aliphatic carbocycles. The topological polar surface area (TPSA) is 92.7 Å². The molecule has 1 unspecified atom stereocenters. The monoisotopic (exact) mass is 452 g/mol. The third-order valence-electron chi connectivity index (χ3n) is 5.80. The van der Waals surface area contributed by atoms with Crippen molar-refractivity contribution in [3.8, 4) is 11.4 Å². The minimum absolute atomic E-state index is 0.0373. The molecule has 1 aromatic heterocycles. The lowest BCUT2D eigenvalue weighted by Crippen LogP contribution is -2.56. The second-order valence-corrected chi connectivity index (χ2v) is 8.95. The number of benzene rings is 1. The normalized spacial score (nSPS) is 16.3. The van der Waals surface area contributed by atoms with Crippen molar-refractivity contribution < 1.29 is 19.1 Å². The van der Waals surface area contributed by atoms with Crippen LogP contribution < -0.4 is 0 Å². The van der Waals surface area contributed by atoms with Gasteiger partial charge in [-0.2, -0.15) is 0 Å². The zero-order valence-corrected chi connectivity index (χ0v) is 20.2. The van der Waals surface area contributed by atoms with Gasteiger partial charge in [-0.05, 0) is 12.8 Å². The van der Waals surface area contributed by atoms with Gasteiger partial charge in [-0.15, -0.1) is 0 Å². The molecular formula is C25H32N4O4. The van der Waals surface area contributed by atoms with Crippen LogP contribution in [0, 0.1) is 5.92 Å². The maximum atomic E-state index is 13.7. The van der Waals surface area contributed by atoms with Crippen LogP contribution in [0.15, 0.2) is 30.3 Å². The van der Waals surface area contributed by atoms with E-state index in [4.69, 9.17) is 4.74 Å². The summed E-state index contributed by atoms with van der Waals surface area (Å²) in [7, 11) is 1.28. The highest BCUT2D eigenvalue weighted by atomic mass is 16.5. The summed E-state index contributed by atoms with van der Waals surface area (Å²) in [5.74, 6) is -0.777. The first-order valence-electron chi connectivity index (χ1n) is 11.3. The second-order valence-electron chi connectivity index (χ2n) is 8.95. The standard InChI is InChI=1S/C25H32N4O4/c1-15(2)20-19(25(32)33-6)21(27-22(26-20)18-10-8-7-9-11-18)24(31)28-12-13-29(17(5)14-28)23(30)16(3)4/h7-11,15-17H,12-14H2,1-6H3. The van der Waals surface area contributed by atoms with E-state index in [1.165, 1.54) is 7.11 Å². The Bertz CT molecular complexity index is 1040. The van der Waals surface area contributed by atoms with Gasteiger partial charge in [0.1, 0.15) is 11.3 Å². The number of methoxy groups -OCH3 is 1. The quantitative estimate of drug-likeness (QED) is 0.646. The molecular weight excluding hydrogens is 420 g/mol. The summed E-state index contributed by atoms with van der Waals surface area (Å²) in [4.78, 5) is 51.6. The van der Waals surface area contributed by atoms with Gasteiger partial charge in [-0.1, -0.05) is 58.0 Å². The van der Waals surface area contributed by atoms with Crippen LogP contribution in [0.3, 0.4) is 0 Å². The molecule has 1 fully saturated rings. The molecule has 1 atom stereocenters. The molecule has 2 aromatic rings. The van der Waals surface area contributed by atoms with E-state index in [0.717, 1.165) is 5.56 Å². The van der Waals surface area contributed by atoms with Crippen LogP contribution in [0.1, 0.15) is 67.1 Å². The number of esters is 1. The van der Waals surface area contributed by atoms with Gasteiger partial charge in [0.05, 0.1) is 12.8 Å². The third kappa shape index (κ3) is 5.05. The molecule has 33 heavy (non-hydrogen) atoms. The van der Waals surface area contributed by atoms with Crippen LogP contribution in [0.4, 0.5) is 0 Å². The van der Waals surface area contributed by atoms with Crippen molar-refractivity contribution in [1.29, 1.82) is 0 Å². The minimum atomic E-state index is -0.636. The fraction of sp³-hybridized carbons (Fsp3) is 0.480. The molecule has 176 valence electrons. The number of hydrogen-bond acceptors (Lipinski definition) is 6. The van der Waals surface area contributed by atoms with E-state index in [1.807, 2.05) is 69.9 Å². The fourth-order valence-corrected chi connectivity index (χ4v) is 4.02. The van der Waals surface area contributed by atoms with Crippen LogP contribution in [0.25, 0.3) is 11.4 Å². The first-order valence-corrected chi connectivity index (χ1v) is 11.3. The Balaban J connectivity index is 2.05. The average molecular weight is 453 g/mol. The zero-order valence-electron chi connectivity index (χ0n) is 20.2. The summed E-state index contributed by atoms with van der Waals surface area (Å²) in [5.41, 5.74) is 1.37. The Labute approximate surface area is 195 Å². The Kier molecular flexibility index (Phi) is 7.46. The number of hydrogen-bond donors (Lipinski definition) is 0. The van der Waals surface area contributed by atoms with Crippen molar-refractivity contribution >= 4 is 17.8 Å². The van der Waals surface area contributed by atoms with E-state index in [1.54, 1.807) is 4.90 Å². The average Bonchev–Trinajstić information content (AvgIpc) is 2.82. The number of amides is 2. The molecule has 0 saturated carbocycles. The molecule has 0 bridgehead atoms. The van der Waals surface area contributed by atoms with Gasteiger partial charge in [0.2, 0.25) is 5.91 Å². The van der Waals surface area contributed by atoms with Crippen LogP contribution in [0.5, 0.6) is 0 Å². The van der Waals surface area contributed by atoms with Gasteiger partial charge in [0.15, 0.2) is 5.82 Å². The summed E-state index contributed by atoms with van der Waals surface area (Å²) < 4.78 is 5.00. The summed E-state index contributed by atoms with van der Waals surface area (Å²) in [6.45, 7) is 10.7. The fourth-order valence-electron chi connectivity index (χ4n) is 4.02. The summed E-state index contributed by atoms with van der Waals surface area (Å²) >= 11 is 0. The molecule has 1 aliphatic rings. The largest absolute Gasteiger partial charge is 0.465 e. The molecule has 3 rings (SSSR count). The predicted molar refractivity (Wildman–Crippen MR) is 125 cm³/mol. The van der Waals surface area contributed by atoms with Crippen LogP contribution in [-0.4, -0.2) is 70.3 Å². The molecule has 1 aliphatic heterocycles.